The smallest absolute Gasteiger partial charge is 0.162 e. The van der Waals surface area contributed by atoms with Gasteiger partial charge in [0.25, 0.3) is 0 Å². The van der Waals surface area contributed by atoms with E-state index >= 15 is 0 Å². The third kappa shape index (κ3) is 2.30. The molecule has 1 aliphatic rings. The van der Waals surface area contributed by atoms with Crippen LogP contribution in [0.25, 0.3) is 0 Å². The molecule has 1 fully saturated rings. The minimum Gasteiger partial charge on any atom is -0.389 e. The second-order valence-corrected chi connectivity index (χ2v) is 3.51. The Labute approximate surface area is 73.0 Å². The molecule has 0 aliphatic carbocycles. The van der Waals surface area contributed by atoms with Gasteiger partial charge in [0.1, 0.15) is 0 Å². The number of hydrogen-bond acceptors (Lipinski definition) is 3. The van der Waals surface area contributed by atoms with Crippen molar-refractivity contribution in [1.29, 1.82) is 0 Å². The van der Waals surface area contributed by atoms with Crippen LogP contribution < -0.4 is 0 Å². The molecule has 12 heavy (non-hydrogen) atoms. The number of aliphatic hydroxyl groups excluding tert-OH is 1. The van der Waals surface area contributed by atoms with Crippen LogP contribution in [0.1, 0.15) is 13.8 Å². The molecule has 1 unspecified atom stereocenters. The predicted octanol–water partition coefficient (Wildman–Crippen LogP) is 0.932. The fraction of sp³-hybridized carbons (Fsp3) is 0.778. The van der Waals surface area contributed by atoms with Gasteiger partial charge in [0, 0.05) is 5.92 Å². The van der Waals surface area contributed by atoms with Gasteiger partial charge in [0.2, 0.25) is 0 Å². The van der Waals surface area contributed by atoms with Crippen LogP contribution in [-0.2, 0) is 9.47 Å². The van der Waals surface area contributed by atoms with Gasteiger partial charge < -0.3 is 14.6 Å². The van der Waals surface area contributed by atoms with Crippen molar-refractivity contribution in [2.24, 2.45) is 5.92 Å². The lowest BCUT2D eigenvalue weighted by molar-refractivity contribution is -0.268. The molecule has 1 aliphatic heterocycles. The summed E-state index contributed by atoms with van der Waals surface area (Å²) in [4.78, 5) is 0. The average molecular weight is 172 g/mol. The van der Waals surface area contributed by atoms with Gasteiger partial charge in [-0.25, -0.2) is 0 Å². The van der Waals surface area contributed by atoms with E-state index in [2.05, 4.69) is 6.58 Å². The minimum atomic E-state index is -0.527. The molecule has 0 aromatic rings. The molecule has 70 valence electrons. The minimum absolute atomic E-state index is 0.0236. The van der Waals surface area contributed by atoms with Crippen molar-refractivity contribution < 1.29 is 14.6 Å². The first-order valence-electron chi connectivity index (χ1n) is 4.14. The van der Waals surface area contributed by atoms with Gasteiger partial charge >= 0.3 is 0 Å². The Morgan fingerprint density at radius 3 is 2.42 bits per heavy atom. The van der Waals surface area contributed by atoms with E-state index in [1.807, 2.05) is 13.8 Å². The maximum absolute atomic E-state index is 9.37. The van der Waals surface area contributed by atoms with Crippen molar-refractivity contribution in [2.75, 3.05) is 13.2 Å². The van der Waals surface area contributed by atoms with Crippen LogP contribution in [0, 0.1) is 5.92 Å². The lowest BCUT2D eigenvalue weighted by Crippen LogP contribution is -2.42. The van der Waals surface area contributed by atoms with Gasteiger partial charge in [-0.2, -0.15) is 0 Å². The molecular weight excluding hydrogens is 156 g/mol. The molecule has 0 amide bonds. The van der Waals surface area contributed by atoms with E-state index < -0.39 is 11.9 Å². The molecule has 0 aromatic heterocycles. The molecule has 0 aromatic carbocycles. The van der Waals surface area contributed by atoms with Crippen molar-refractivity contribution in [3.63, 3.8) is 0 Å². The van der Waals surface area contributed by atoms with E-state index in [9.17, 15) is 5.11 Å². The first kappa shape index (κ1) is 9.71. The van der Waals surface area contributed by atoms with Crippen molar-refractivity contribution in [3.8, 4) is 0 Å². The Kier molecular flexibility index (Phi) is 2.88. The van der Waals surface area contributed by atoms with E-state index in [1.54, 1.807) is 0 Å². The highest BCUT2D eigenvalue weighted by molar-refractivity contribution is 4.86. The summed E-state index contributed by atoms with van der Waals surface area (Å²) in [5, 5.41) is 9.37. The van der Waals surface area contributed by atoms with Crippen LogP contribution >= 0.6 is 0 Å². The fourth-order valence-corrected chi connectivity index (χ4v) is 1.09. The normalized spacial score (nSPS) is 26.6. The van der Waals surface area contributed by atoms with E-state index in [0.717, 1.165) is 0 Å². The zero-order valence-electron chi connectivity index (χ0n) is 7.62. The van der Waals surface area contributed by atoms with E-state index in [4.69, 9.17) is 9.47 Å². The van der Waals surface area contributed by atoms with Gasteiger partial charge in [-0.3, -0.25) is 0 Å². The van der Waals surface area contributed by atoms with Crippen molar-refractivity contribution in [2.45, 2.75) is 25.7 Å². The van der Waals surface area contributed by atoms with E-state index in [-0.39, 0.29) is 5.92 Å². The monoisotopic (exact) mass is 172 g/mol. The molecule has 1 N–H and O–H groups in total. The molecule has 1 atom stereocenters. The van der Waals surface area contributed by atoms with Crippen LogP contribution in [-0.4, -0.2) is 30.2 Å². The Balaban J connectivity index is 2.40. The Morgan fingerprint density at radius 2 is 2.00 bits per heavy atom. The zero-order valence-corrected chi connectivity index (χ0v) is 7.62. The number of hydrogen-bond donors (Lipinski definition) is 1. The fourth-order valence-electron chi connectivity index (χ4n) is 1.09. The van der Waals surface area contributed by atoms with Gasteiger partial charge in [0.05, 0.1) is 19.3 Å². The third-order valence-corrected chi connectivity index (χ3v) is 2.01. The molecule has 1 rings (SSSR count). The molecule has 0 bridgehead atoms. The first-order chi connectivity index (χ1) is 5.55. The molecule has 0 spiro atoms. The molecule has 3 heteroatoms. The van der Waals surface area contributed by atoms with E-state index in [0.29, 0.717) is 13.2 Å². The van der Waals surface area contributed by atoms with Crippen LogP contribution in [0.5, 0.6) is 0 Å². The van der Waals surface area contributed by atoms with Gasteiger partial charge in [-0.15, -0.1) is 6.58 Å². The summed E-state index contributed by atoms with van der Waals surface area (Å²) in [7, 11) is 0. The van der Waals surface area contributed by atoms with Gasteiger partial charge in [-0.05, 0) is 13.8 Å². The molecule has 1 heterocycles. The Bertz CT molecular complexity index is 155. The van der Waals surface area contributed by atoms with Crippen molar-refractivity contribution in [1.82, 2.24) is 0 Å². The maximum atomic E-state index is 9.37. The molecular formula is C9H16O3. The summed E-state index contributed by atoms with van der Waals surface area (Å²) in [5.41, 5.74) is 0. The summed E-state index contributed by atoms with van der Waals surface area (Å²) in [6.07, 6.45) is 0.983. The second kappa shape index (κ2) is 3.56. The van der Waals surface area contributed by atoms with Crippen LogP contribution in [0.3, 0.4) is 0 Å². The molecule has 0 radical (unpaired) electrons. The standard InChI is InChI=1S/C9H16O3/c1-4-8(10)7-5-11-9(2,3)12-6-7/h4,7-8,10H,1,5-6H2,2-3H3. The summed E-state index contributed by atoms with van der Waals surface area (Å²) in [6.45, 7) is 8.30. The Hall–Kier alpha value is -0.380. The number of ether oxygens (including phenoxy) is 2. The summed E-state index contributed by atoms with van der Waals surface area (Å²) >= 11 is 0. The summed E-state index contributed by atoms with van der Waals surface area (Å²) < 4.78 is 10.7. The van der Waals surface area contributed by atoms with Crippen LogP contribution in [0.15, 0.2) is 12.7 Å². The predicted molar refractivity (Wildman–Crippen MR) is 45.7 cm³/mol. The summed E-state index contributed by atoms with van der Waals surface area (Å²) in [6, 6.07) is 0. The first-order valence-corrected chi connectivity index (χ1v) is 4.14. The highest BCUT2D eigenvalue weighted by Crippen LogP contribution is 2.22. The lowest BCUT2D eigenvalue weighted by atomic mass is 10.0. The maximum Gasteiger partial charge on any atom is 0.162 e. The third-order valence-electron chi connectivity index (χ3n) is 2.01. The van der Waals surface area contributed by atoms with Crippen molar-refractivity contribution in [3.05, 3.63) is 12.7 Å². The molecule has 0 saturated carbocycles. The lowest BCUT2D eigenvalue weighted by Gasteiger charge is -2.36. The van der Waals surface area contributed by atoms with Gasteiger partial charge in [0.15, 0.2) is 5.79 Å². The average Bonchev–Trinajstić information content (AvgIpc) is 2.03. The summed E-state index contributed by atoms with van der Waals surface area (Å²) in [5.74, 6) is -0.479. The van der Waals surface area contributed by atoms with Crippen LogP contribution in [0.4, 0.5) is 0 Å². The quantitative estimate of drug-likeness (QED) is 0.630. The molecule has 3 nitrogen and oxygen atoms in total. The highest BCUT2D eigenvalue weighted by Gasteiger charge is 2.30. The Morgan fingerprint density at radius 1 is 1.50 bits per heavy atom. The molecule has 1 saturated heterocycles. The largest absolute Gasteiger partial charge is 0.389 e. The van der Waals surface area contributed by atoms with E-state index in [1.165, 1.54) is 6.08 Å². The van der Waals surface area contributed by atoms with Crippen molar-refractivity contribution >= 4 is 0 Å². The van der Waals surface area contributed by atoms with Gasteiger partial charge in [-0.1, -0.05) is 6.08 Å². The number of aliphatic hydroxyl groups is 1. The second-order valence-electron chi connectivity index (χ2n) is 3.51. The zero-order chi connectivity index (χ0) is 9.19. The highest BCUT2D eigenvalue weighted by atomic mass is 16.7. The number of rotatable bonds is 2. The van der Waals surface area contributed by atoms with Crippen LogP contribution in [0.2, 0.25) is 0 Å². The topological polar surface area (TPSA) is 38.7 Å². The SMILES string of the molecule is C=CC(O)C1COC(C)(C)OC1.